The summed E-state index contributed by atoms with van der Waals surface area (Å²) in [5.41, 5.74) is 9.72. The summed E-state index contributed by atoms with van der Waals surface area (Å²) in [6.45, 7) is 12.7. The lowest BCUT2D eigenvalue weighted by atomic mass is 9.86. The van der Waals surface area contributed by atoms with E-state index in [4.69, 9.17) is 0 Å². The number of ketones is 1. The fraction of sp³-hybridized carbons (Fsp3) is 0.424. The third kappa shape index (κ3) is 7.97. The van der Waals surface area contributed by atoms with Gasteiger partial charge in [-0.3, -0.25) is 4.79 Å². The summed E-state index contributed by atoms with van der Waals surface area (Å²) >= 11 is 0. The van der Waals surface area contributed by atoms with Crippen LogP contribution in [0.25, 0.3) is 11.6 Å². The normalized spacial score (nSPS) is 13.5. The van der Waals surface area contributed by atoms with Crippen LogP contribution in [-0.2, 0) is 0 Å². The third-order valence-electron chi connectivity index (χ3n) is 6.50. The van der Waals surface area contributed by atoms with E-state index in [-0.39, 0.29) is 5.78 Å². The molecule has 0 amide bonds. The molecule has 3 rings (SSSR count). The standard InChI is InChI=1S/C31H38O.C2H6/c1-5-6-7-8-9-14-31(32)27-20-17-24(3)28(21-27)22-30(26-18-15-23(2)16-19-26)29-13-11-10-12-25(29)4;1-2/h10,12,15-22H,5-9,11,13-14H2,1-4H3;1-2H3/b30-22-;. The molecule has 182 valence electrons. The first kappa shape index (κ1) is 27.6. The highest BCUT2D eigenvalue weighted by Gasteiger charge is 2.14. The van der Waals surface area contributed by atoms with Crippen LogP contribution >= 0.6 is 0 Å². The van der Waals surface area contributed by atoms with E-state index in [0.717, 1.165) is 36.8 Å². The molecule has 2 aromatic rings. The quantitative estimate of drug-likeness (QED) is 0.197. The number of aryl methyl sites for hydroxylation is 2. The number of carbonyl (C=O) groups is 1. The van der Waals surface area contributed by atoms with Crippen LogP contribution in [0.1, 0.15) is 112 Å². The van der Waals surface area contributed by atoms with Crippen molar-refractivity contribution in [2.24, 2.45) is 0 Å². The van der Waals surface area contributed by atoms with Gasteiger partial charge < -0.3 is 0 Å². The van der Waals surface area contributed by atoms with Crippen LogP contribution in [0, 0.1) is 13.8 Å². The Kier molecular flexibility index (Phi) is 11.8. The van der Waals surface area contributed by atoms with Gasteiger partial charge in [0.25, 0.3) is 0 Å². The molecule has 34 heavy (non-hydrogen) atoms. The zero-order valence-electron chi connectivity index (χ0n) is 22.3. The predicted octanol–water partition coefficient (Wildman–Crippen LogP) is 10.1. The molecule has 0 spiro atoms. The summed E-state index contributed by atoms with van der Waals surface area (Å²) < 4.78 is 0. The minimum Gasteiger partial charge on any atom is -0.294 e. The van der Waals surface area contributed by atoms with E-state index in [9.17, 15) is 4.79 Å². The lowest BCUT2D eigenvalue weighted by Gasteiger charge is -2.19. The van der Waals surface area contributed by atoms with Crippen molar-refractivity contribution >= 4 is 17.4 Å². The maximum absolute atomic E-state index is 12.8. The Labute approximate surface area is 208 Å². The number of carbonyl (C=O) groups excluding carboxylic acids is 1. The van der Waals surface area contributed by atoms with Crippen molar-refractivity contribution in [1.29, 1.82) is 0 Å². The highest BCUT2D eigenvalue weighted by molar-refractivity contribution is 5.98. The number of Topliss-reactive ketones (excluding diaryl/α,β-unsaturated/α-hetero) is 1. The van der Waals surface area contributed by atoms with E-state index >= 15 is 0 Å². The second-order valence-corrected chi connectivity index (χ2v) is 9.19. The maximum atomic E-state index is 12.8. The van der Waals surface area contributed by atoms with Gasteiger partial charge in [0.1, 0.15) is 0 Å². The molecule has 0 saturated carbocycles. The zero-order valence-corrected chi connectivity index (χ0v) is 22.3. The lowest BCUT2D eigenvalue weighted by molar-refractivity contribution is 0.0979. The summed E-state index contributed by atoms with van der Waals surface area (Å²) in [6.07, 6.45) is 15.4. The van der Waals surface area contributed by atoms with E-state index in [0.29, 0.717) is 6.42 Å². The van der Waals surface area contributed by atoms with Gasteiger partial charge >= 0.3 is 0 Å². The fourth-order valence-electron chi connectivity index (χ4n) is 4.37. The molecule has 1 aliphatic carbocycles. The molecular formula is C33H44O. The van der Waals surface area contributed by atoms with Crippen molar-refractivity contribution < 1.29 is 4.79 Å². The molecule has 0 heterocycles. The molecule has 0 bridgehead atoms. The minimum atomic E-state index is 0.268. The third-order valence-corrected chi connectivity index (χ3v) is 6.50. The molecular weight excluding hydrogens is 412 g/mol. The molecule has 0 aliphatic heterocycles. The van der Waals surface area contributed by atoms with Gasteiger partial charge in [0.05, 0.1) is 0 Å². The highest BCUT2D eigenvalue weighted by Crippen LogP contribution is 2.34. The van der Waals surface area contributed by atoms with E-state index in [2.05, 4.69) is 82.3 Å². The van der Waals surface area contributed by atoms with Crippen LogP contribution in [0.15, 0.2) is 65.8 Å². The monoisotopic (exact) mass is 456 g/mol. The van der Waals surface area contributed by atoms with Crippen molar-refractivity contribution in [2.45, 2.75) is 92.9 Å². The van der Waals surface area contributed by atoms with Gasteiger partial charge in [-0.15, -0.1) is 0 Å². The number of hydrogen-bond donors (Lipinski definition) is 0. The van der Waals surface area contributed by atoms with Crippen LogP contribution in [-0.4, -0.2) is 5.78 Å². The summed E-state index contributed by atoms with van der Waals surface area (Å²) in [6, 6.07) is 15.0. The van der Waals surface area contributed by atoms with Gasteiger partial charge in [0.15, 0.2) is 5.78 Å². The molecule has 1 heteroatoms. The van der Waals surface area contributed by atoms with Crippen molar-refractivity contribution in [1.82, 2.24) is 0 Å². The van der Waals surface area contributed by atoms with E-state index in [1.54, 1.807) is 0 Å². The molecule has 2 aromatic carbocycles. The molecule has 0 atom stereocenters. The zero-order chi connectivity index (χ0) is 24.9. The van der Waals surface area contributed by atoms with Crippen molar-refractivity contribution in [3.05, 3.63) is 93.6 Å². The van der Waals surface area contributed by atoms with E-state index < -0.39 is 0 Å². The summed E-state index contributed by atoms with van der Waals surface area (Å²) in [7, 11) is 0. The second kappa shape index (κ2) is 14.6. The molecule has 0 radical (unpaired) electrons. The molecule has 0 fully saturated rings. The SMILES string of the molecule is CC.CCCCCCCC(=O)c1ccc(C)c(/C=C(\C2=C(C)C=CCC2)c2ccc(C)cc2)c1. The van der Waals surface area contributed by atoms with Crippen molar-refractivity contribution in [3.63, 3.8) is 0 Å². The van der Waals surface area contributed by atoms with Crippen LogP contribution < -0.4 is 0 Å². The smallest absolute Gasteiger partial charge is 0.162 e. The lowest BCUT2D eigenvalue weighted by Crippen LogP contribution is -2.01. The molecule has 0 unspecified atom stereocenters. The number of rotatable bonds is 10. The molecule has 0 saturated heterocycles. The highest BCUT2D eigenvalue weighted by atomic mass is 16.1. The van der Waals surface area contributed by atoms with Gasteiger partial charge in [0.2, 0.25) is 0 Å². The Morgan fingerprint density at radius 1 is 0.882 bits per heavy atom. The topological polar surface area (TPSA) is 17.1 Å². The van der Waals surface area contributed by atoms with Gasteiger partial charge in [-0.25, -0.2) is 0 Å². The van der Waals surface area contributed by atoms with E-state index in [1.807, 2.05) is 19.9 Å². The van der Waals surface area contributed by atoms with E-state index in [1.165, 1.54) is 52.7 Å². The average Bonchev–Trinajstić information content (AvgIpc) is 2.86. The number of unbranched alkanes of at least 4 members (excludes halogenated alkanes) is 4. The van der Waals surface area contributed by atoms with Gasteiger partial charge in [-0.1, -0.05) is 101 Å². The van der Waals surface area contributed by atoms with Crippen LogP contribution in [0.4, 0.5) is 0 Å². The number of benzene rings is 2. The van der Waals surface area contributed by atoms with Crippen molar-refractivity contribution in [3.8, 4) is 0 Å². The van der Waals surface area contributed by atoms with Crippen LogP contribution in [0.5, 0.6) is 0 Å². The Bertz CT molecular complexity index is 1020. The molecule has 1 nitrogen and oxygen atoms in total. The summed E-state index contributed by atoms with van der Waals surface area (Å²) in [4.78, 5) is 12.8. The first-order valence-electron chi connectivity index (χ1n) is 13.3. The second-order valence-electron chi connectivity index (χ2n) is 9.19. The van der Waals surface area contributed by atoms with Crippen LogP contribution in [0.2, 0.25) is 0 Å². The molecule has 0 N–H and O–H groups in total. The van der Waals surface area contributed by atoms with Gasteiger partial charge in [-0.05, 0) is 85.6 Å². The summed E-state index contributed by atoms with van der Waals surface area (Å²) in [5, 5.41) is 0. The molecule has 0 aromatic heterocycles. The number of hydrogen-bond acceptors (Lipinski definition) is 1. The largest absolute Gasteiger partial charge is 0.294 e. The maximum Gasteiger partial charge on any atom is 0.162 e. The van der Waals surface area contributed by atoms with Crippen molar-refractivity contribution in [2.75, 3.05) is 0 Å². The Morgan fingerprint density at radius 3 is 2.24 bits per heavy atom. The summed E-state index contributed by atoms with van der Waals surface area (Å²) in [5.74, 6) is 0.268. The number of allylic oxidation sites excluding steroid dienone is 5. The first-order chi connectivity index (χ1) is 16.5. The van der Waals surface area contributed by atoms with Gasteiger partial charge in [-0.2, -0.15) is 0 Å². The van der Waals surface area contributed by atoms with Gasteiger partial charge in [0, 0.05) is 12.0 Å². The Morgan fingerprint density at radius 2 is 1.56 bits per heavy atom. The molecule has 1 aliphatic rings. The van der Waals surface area contributed by atoms with Crippen LogP contribution in [0.3, 0.4) is 0 Å². The predicted molar refractivity (Wildman–Crippen MR) is 150 cm³/mol. The first-order valence-corrected chi connectivity index (χ1v) is 13.3. The Balaban J connectivity index is 0.00000199. The average molecular weight is 457 g/mol. The fourth-order valence-corrected chi connectivity index (χ4v) is 4.37. The Hall–Kier alpha value is -2.67. The minimum absolute atomic E-state index is 0.268.